The molecule has 3 aromatic carbocycles. The molecule has 3 aromatic rings. The SMILES string of the molecule is CCCCCCCCCCCCC(C)(c1cc(C(C)(C)C)c(O)cc1C)C(CCCCCCCCCCCC)(CCCCCCCCCCCC)C(CCCCCCCCCCCC)(c1cc(C(C)(C)C)c(O)cc1C)c1cc(C(C)(C)C)c(O)cc1C. The molecule has 3 N–H and O–H groups in total. The minimum atomic E-state index is -0.541. The topological polar surface area (TPSA) is 60.7 Å². The standard InChI is InChI=1S/C85H148O3/c1-18-22-26-30-34-38-42-46-50-54-58-83(17,71-65-74(80(8,9)10)77(86)62-68(71)5)84(59-55-51-47-43-39-35-31-27-23-19-2,60-56-52-48-44-40-36-32-28-24-20-3)85(61-57-53-49-45-41-37-33-29-25-21-4,72-66-75(81(11,12)13)78(87)63-69(72)6)73-67-76(82(14,15)16)79(88)64-70(73)7/h62-67,86-88H,18-61H2,1-17H3. The highest BCUT2D eigenvalue weighted by Crippen LogP contribution is 2.68. The van der Waals surface area contributed by atoms with E-state index in [1.807, 2.05) is 0 Å². The van der Waals surface area contributed by atoms with Gasteiger partial charge in [0.2, 0.25) is 0 Å². The number of hydrogen-bond acceptors (Lipinski definition) is 3. The zero-order chi connectivity index (χ0) is 65.3. The molecular formula is C85H148O3. The van der Waals surface area contributed by atoms with Crippen LogP contribution in [0.3, 0.4) is 0 Å². The summed E-state index contributed by atoms with van der Waals surface area (Å²) < 4.78 is 0. The molecule has 0 saturated carbocycles. The van der Waals surface area contributed by atoms with Gasteiger partial charge in [-0.05, 0) is 142 Å². The van der Waals surface area contributed by atoms with E-state index in [1.165, 1.54) is 265 Å². The third-order valence-electron chi connectivity index (χ3n) is 21.7. The number of phenolic OH excluding ortho intramolecular Hbond substituents is 3. The maximum absolute atomic E-state index is 12.4. The Morgan fingerprint density at radius 2 is 0.443 bits per heavy atom. The van der Waals surface area contributed by atoms with Crippen LogP contribution in [0.25, 0.3) is 0 Å². The zero-order valence-corrected chi connectivity index (χ0v) is 61.9. The second-order valence-corrected chi connectivity index (χ2v) is 32.4. The summed E-state index contributed by atoms with van der Waals surface area (Å²) in [4.78, 5) is 0. The number of hydrogen-bond donors (Lipinski definition) is 3. The van der Waals surface area contributed by atoms with Crippen LogP contribution in [0, 0.1) is 26.2 Å². The Balaban J connectivity index is 2.72. The highest BCUT2D eigenvalue weighted by Gasteiger charge is 2.62. The second kappa shape index (κ2) is 40.9. The summed E-state index contributed by atoms with van der Waals surface area (Å²) in [5.41, 5.74) is 8.86. The van der Waals surface area contributed by atoms with Crippen LogP contribution in [0.2, 0.25) is 0 Å². The molecule has 0 amide bonds. The number of aromatic hydroxyl groups is 3. The molecule has 3 heteroatoms. The molecule has 3 rings (SSSR count). The van der Waals surface area contributed by atoms with E-state index in [4.69, 9.17) is 0 Å². The van der Waals surface area contributed by atoms with Crippen LogP contribution in [-0.2, 0) is 27.1 Å². The third-order valence-corrected chi connectivity index (χ3v) is 21.7. The van der Waals surface area contributed by atoms with Gasteiger partial charge in [0.25, 0.3) is 0 Å². The Morgan fingerprint density at radius 3 is 0.693 bits per heavy atom. The van der Waals surface area contributed by atoms with Gasteiger partial charge in [0.1, 0.15) is 17.2 Å². The van der Waals surface area contributed by atoms with Crippen molar-refractivity contribution in [1.29, 1.82) is 0 Å². The lowest BCUT2D eigenvalue weighted by molar-refractivity contribution is -0.000861. The number of unbranched alkanes of at least 4 members (excludes halogenated alkanes) is 36. The largest absolute Gasteiger partial charge is 0.508 e. The zero-order valence-electron chi connectivity index (χ0n) is 61.9. The molecular weight excluding hydrogens is 1070 g/mol. The van der Waals surface area contributed by atoms with Crippen LogP contribution in [0.1, 0.15) is 430 Å². The first-order valence-electron chi connectivity index (χ1n) is 38.4. The molecule has 0 spiro atoms. The van der Waals surface area contributed by atoms with Crippen molar-refractivity contribution in [3.8, 4) is 17.2 Å². The van der Waals surface area contributed by atoms with Crippen molar-refractivity contribution in [3.63, 3.8) is 0 Å². The Hall–Kier alpha value is -2.94. The van der Waals surface area contributed by atoms with Crippen LogP contribution >= 0.6 is 0 Å². The van der Waals surface area contributed by atoms with Crippen molar-refractivity contribution >= 4 is 0 Å². The number of aryl methyl sites for hydroxylation is 3. The summed E-state index contributed by atoms with van der Waals surface area (Å²) in [6.45, 7) is 39.9. The number of benzene rings is 3. The first-order chi connectivity index (χ1) is 41.8. The van der Waals surface area contributed by atoms with Crippen molar-refractivity contribution in [1.82, 2.24) is 0 Å². The van der Waals surface area contributed by atoms with Crippen molar-refractivity contribution < 1.29 is 15.3 Å². The third kappa shape index (κ3) is 24.5. The molecule has 0 aromatic heterocycles. The van der Waals surface area contributed by atoms with Crippen LogP contribution in [0.5, 0.6) is 17.2 Å². The molecule has 0 radical (unpaired) electrons. The van der Waals surface area contributed by atoms with Crippen LogP contribution in [0.4, 0.5) is 0 Å². The fourth-order valence-electron chi connectivity index (χ4n) is 16.4. The van der Waals surface area contributed by atoms with Gasteiger partial charge < -0.3 is 15.3 Å². The van der Waals surface area contributed by atoms with Gasteiger partial charge in [-0.15, -0.1) is 0 Å². The van der Waals surface area contributed by atoms with E-state index in [9.17, 15) is 15.3 Å². The Morgan fingerprint density at radius 1 is 0.239 bits per heavy atom. The summed E-state index contributed by atoms with van der Waals surface area (Å²) in [6, 6.07) is 14.2. The van der Waals surface area contributed by atoms with Crippen molar-refractivity contribution in [3.05, 3.63) is 86.5 Å². The first-order valence-corrected chi connectivity index (χ1v) is 38.4. The fourth-order valence-corrected chi connectivity index (χ4v) is 16.4. The second-order valence-electron chi connectivity index (χ2n) is 32.4. The van der Waals surface area contributed by atoms with Gasteiger partial charge in [0.15, 0.2) is 0 Å². The Bertz CT molecular complexity index is 2230. The molecule has 0 aliphatic carbocycles. The lowest BCUT2D eigenvalue weighted by atomic mass is 9.40. The van der Waals surface area contributed by atoms with E-state index in [-0.39, 0.29) is 27.1 Å². The van der Waals surface area contributed by atoms with Crippen LogP contribution < -0.4 is 0 Å². The van der Waals surface area contributed by atoms with E-state index in [0.29, 0.717) is 17.2 Å². The van der Waals surface area contributed by atoms with Gasteiger partial charge >= 0.3 is 0 Å². The van der Waals surface area contributed by atoms with Crippen molar-refractivity contribution in [2.45, 2.75) is 427 Å². The van der Waals surface area contributed by atoms with Crippen LogP contribution in [0.15, 0.2) is 36.4 Å². The van der Waals surface area contributed by atoms with Gasteiger partial charge in [-0.2, -0.15) is 0 Å². The van der Waals surface area contributed by atoms with Crippen molar-refractivity contribution in [2.24, 2.45) is 5.41 Å². The minimum absolute atomic E-state index is 0.266. The Labute approximate surface area is 548 Å². The van der Waals surface area contributed by atoms with E-state index < -0.39 is 5.41 Å². The van der Waals surface area contributed by atoms with E-state index >= 15 is 0 Å². The van der Waals surface area contributed by atoms with E-state index in [1.54, 1.807) is 0 Å². The van der Waals surface area contributed by atoms with Gasteiger partial charge in [-0.3, -0.25) is 0 Å². The normalized spacial score (nSPS) is 13.5. The predicted octanol–water partition coefficient (Wildman–Crippen LogP) is 28.1. The lowest BCUT2D eigenvalue weighted by Gasteiger charge is -2.63. The maximum atomic E-state index is 12.4. The predicted molar refractivity (Wildman–Crippen MR) is 391 cm³/mol. The Kier molecular flexibility index (Phi) is 36.9. The summed E-state index contributed by atoms with van der Waals surface area (Å²) in [5.74, 6) is 1.24. The van der Waals surface area contributed by atoms with Gasteiger partial charge in [-0.1, -0.05) is 372 Å². The molecule has 0 heterocycles. The molecule has 0 bridgehead atoms. The fraction of sp³-hybridized carbons (Fsp3) is 0.788. The smallest absolute Gasteiger partial charge is 0.119 e. The number of rotatable bonds is 49. The average molecular weight is 1220 g/mol. The van der Waals surface area contributed by atoms with Crippen molar-refractivity contribution in [2.75, 3.05) is 0 Å². The molecule has 0 fully saturated rings. The molecule has 0 saturated heterocycles. The van der Waals surface area contributed by atoms with E-state index in [0.717, 1.165) is 68.1 Å². The van der Waals surface area contributed by atoms with E-state index in [2.05, 4.69) is 154 Å². The quantitative estimate of drug-likeness (QED) is 0.0494. The molecule has 506 valence electrons. The lowest BCUT2D eigenvalue weighted by Crippen LogP contribution is -2.59. The highest BCUT2D eigenvalue weighted by molar-refractivity contribution is 5.60. The molecule has 88 heavy (non-hydrogen) atoms. The maximum Gasteiger partial charge on any atom is 0.119 e. The van der Waals surface area contributed by atoms with Gasteiger partial charge in [0, 0.05) is 5.41 Å². The molecule has 0 aliphatic rings. The summed E-state index contributed by atoms with van der Waals surface area (Å²) in [6.07, 6.45) is 56.2. The van der Waals surface area contributed by atoms with Crippen LogP contribution in [-0.4, -0.2) is 15.3 Å². The van der Waals surface area contributed by atoms with Gasteiger partial charge in [-0.25, -0.2) is 0 Å². The highest BCUT2D eigenvalue weighted by atomic mass is 16.3. The summed E-state index contributed by atoms with van der Waals surface area (Å²) in [7, 11) is 0. The molecule has 0 aliphatic heterocycles. The molecule has 3 nitrogen and oxygen atoms in total. The average Bonchev–Trinajstić information content (AvgIpc) is 0.713. The first kappa shape index (κ1) is 79.3. The summed E-state index contributed by atoms with van der Waals surface area (Å²) in [5, 5.41) is 37.1. The molecule has 1 atom stereocenters. The minimum Gasteiger partial charge on any atom is -0.508 e. The molecule has 1 unspecified atom stereocenters. The monoisotopic (exact) mass is 1220 g/mol. The van der Waals surface area contributed by atoms with Gasteiger partial charge in [0.05, 0.1) is 0 Å². The number of phenols is 3. The summed E-state index contributed by atoms with van der Waals surface area (Å²) >= 11 is 0.